The predicted molar refractivity (Wildman–Crippen MR) is 65.5 cm³/mol. The maximum Gasteiger partial charge on any atom is 0.387 e. The van der Waals surface area contributed by atoms with Crippen molar-refractivity contribution in [2.75, 3.05) is 0 Å². The molecule has 0 bridgehead atoms. The number of benzene rings is 1. The Labute approximate surface area is 108 Å². The molecule has 2 aromatic rings. The number of nitrogens with zero attached hydrogens (tertiary/aromatic N) is 1. The maximum atomic E-state index is 12.2. The summed E-state index contributed by atoms with van der Waals surface area (Å²) in [6, 6.07) is 7.55. The fourth-order valence-electron chi connectivity index (χ4n) is 1.72. The van der Waals surface area contributed by atoms with Crippen molar-refractivity contribution >= 4 is 5.78 Å². The molecule has 0 atom stereocenters. The van der Waals surface area contributed by atoms with Gasteiger partial charge in [0.25, 0.3) is 0 Å². The molecule has 0 saturated carbocycles. The lowest BCUT2D eigenvalue weighted by atomic mass is 10.00. The Morgan fingerprint density at radius 1 is 1.32 bits per heavy atom. The molecule has 0 unspecified atom stereocenters. The Bertz CT molecular complexity index is 585. The van der Waals surface area contributed by atoms with Crippen molar-refractivity contribution < 1.29 is 18.3 Å². The molecule has 98 valence electrons. The summed E-state index contributed by atoms with van der Waals surface area (Å²) in [5.74, 6) is -0.163. The van der Waals surface area contributed by atoms with Crippen LogP contribution in [-0.2, 0) is 0 Å². The Balaban J connectivity index is 2.29. The Hall–Kier alpha value is -2.30. The first kappa shape index (κ1) is 13.1. The number of rotatable bonds is 4. The smallest absolute Gasteiger partial charge is 0.387 e. The molecule has 5 heteroatoms. The van der Waals surface area contributed by atoms with Crippen molar-refractivity contribution in [3.63, 3.8) is 0 Å². The molecule has 0 aliphatic heterocycles. The highest BCUT2D eigenvalue weighted by molar-refractivity contribution is 6.09. The summed E-state index contributed by atoms with van der Waals surface area (Å²) in [5, 5.41) is 0. The minimum absolute atomic E-state index is 0.0373. The molecule has 1 aromatic heterocycles. The number of ether oxygens (including phenoxy) is 1. The molecule has 2 rings (SSSR count). The van der Waals surface area contributed by atoms with Crippen LogP contribution in [0.25, 0.3) is 0 Å². The van der Waals surface area contributed by atoms with E-state index in [-0.39, 0.29) is 11.5 Å². The third-order valence-corrected chi connectivity index (χ3v) is 2.59. The molecule has 0 amide bonds. The lowest BCUT2D eigenvalue weighted by Gasteiger charge is -2.08. The zero-order valence-corrected chi connectivity index (χ0v) is 10.1. The highest BCUT2D eigenvalue weighted by atomic mass is 19.3. The molecule has 0 aliphatic carbocycles. The summed E-state index contributed by atoms with van der Waals surface area (Å²) in [4.78, 5) is 16.0. The van der Waals surface area contributed by atoms with Gasteiger partial charge < -0.3 is 4.74 Å². The molecule has 0 spiro atoms. The second-order valence-electron chi connectivity index (χ2n) is 3.93. The van der Waals surface area contributed by atoms with Crippen molar-refractivity contribution in [3.8, 4) is 5.75 Å². The normalized spacial score (nSPS) is 10.5. The number of hydrogen-bond acceptors (Lipinski definition) is 3. The Kier molecular flexibility index (Phi) is 3.85. The predicted octanol–water partition coefficient (Wildman–Crippen LogP) is 3.22. The molecular formula is C14H11F2NO2. The minimum Gasteiger partial charge on any atom is -0.435 e. The first-order chi connectivity index (χ1) is 9.08. The number of pyridine rings is 1. The van der Waals surface area contributed by atoms with Crippen LogP contribution in [-0.4, -0.2) is 17.4 Å². The van der Waals surface area contributed by atoms with Gasteiger partial charge in [0.15, 0.2) is 5.78 Å². The van der Waals surface area contributed by atoms with E-state index in [4.69, 9.17) is 0 Å². The van der Waals surface area contributed by atoms with E-state index in [0.717, 1.165) is 0 Å². The summed E-state index contributed by atoms with van der Waals surface area (Å²) in [6.45, 7) is -1.21. The lowest BCUT2D eigenvalue weighted by molar-refractivity contribution is -0.0498. The number of hydrogen-bond donors (Lipinski definition) is 0. The standard InChI is InChI=1S/C14H11F2NO2/c1-9-7-11(19-14(15)16)4-5-12(9)13(18)10-3-2-6-17-8-10/h2-8,14H,1H3. The van der Waals surface area contributed by atoms with Crippen molar-refractivity contribution in [1.29, 1.82) is 0 Å². The number of aromatic nitrogens is 1. The summed E-state index contributed by atoms with van der Waals surface area (Å²) in [6.07, 6.45) is 3.04. The van der Waals surface area contributed by atoms with E-state index in [2.05, 4.69) is 9.72 Å². The second kappa shape index (κ2) is 5.56. The van der Waals surface area contributed by atoms with Crippen LogP contribution < -0.4 is 4.74 Å². The van der Waals surface area contributed by atoms with Gasteiger partial charge in [-0.3, -0.25) is 9.78 Å². The quantitative estimate of drug-likeness (QED) is 0.795. The Morgan fingerprint density at radius 3 is 2.68 bits per heavy atom. The topological polar surface area (TPSA) is 39.2 Å². The van der Waals surface area contributed by atoms with Gasteiger partial charge in [0.1, 0.15) is 5.75 Å². The van der Waals surface area contributed by atoms with Gasteiger partial charge in [0, 0.05) is 23.5 Å². The zero-order chi connectivity index (χ0) is 13.8. The SMILES string of the molecule is Cc1cc(OC(F)F)ccc1C(=O)c1cccnc1. The average Bonchev–Trinajstić information content (AvgIpc) is 2.38. The Morgan fingerprint density at radius 2 is 2.11 bits per heavy atom. The van der Waals surface area contributed by atoms with E-state index < -0.39 is 6.61 Å². The van der Waals surface area contributed by atoms with Gasteiger partial charge in [-0.2, -0.15) is 8.78 Å². The molecule has 0 N–H and O–H groups in total. The van der Waals surface area contributed by atoms with E-state index in [0.29, 0.717) is 16.7 Å². The largest absolute Gasteiger partial charge is 0.435 e. The van der Waals surface area contributed by atoms with Crippen molar-refractivity contribution in [1.82, 2.24) is 4.98 Å². The first-order valence-electron chi connectivity index (χ1n) is 5.58. The highest BCUT2D eigenvalue weighted by Crippen LogP contribution is 2.21. The number of alkyl halides is 2. The third kappa shape index (κ3) is 3.13. The molecule has 1 heterocycles. The van der Waals surface area contributed by atoms with Gasteiger partial charge in [-0.25, -0.2) is 0 Å². The third-order valence-electron chi connectivity index (χ3n) is 2.59. The molecule has 0 aliphatic rings. The molecular weight excluding hydrogens is 252 g/mol. The van der Waals surface area contributed by atoms with Gasteiger partial charge in [-0.15, -0.1) is 0 Å². The van der Waals surface area contributed by atoms with Gasteiger partial charge in [-0.1, -0.05) is 0 Å². The van der Waals surface area contributed by atoms with Crippen LogP contribution in [0.15, 0.2) is 42.7 Å². The number of ketones is 1. The van der Waals surface area contributed by atoms with Crippen LogP contribution in [0.4, 0.5) is 8.78 Å². The number of carbonyl (C=O) groups excluding carboxylic acids is 1. The molecule has 3 nitrogen and oxygen atoms in total. The van der Waals surface area contributed by atoms with Crippen molar-refractivity contribution in [3.05, 3.63) is 59.4 Å². The van der Waals surface area contributed by atoms with E-state index in [1.54, 1.807) is 25.3 Å². The molecule has 1 aromatic carbocycles. The number of carbonyl (C=O) groups is 1. The summed E-state index contributed by atoms with van der Waals surface area (Å²) in [7, 11) is 0. The van der Waals surface area contributed by atoms with E-state index in [9.17, 15) is 13.6 Å². The second-order valence-corrected chi connectivity index (χ2v) is 3.93. The molecule has 0 radical (unpaired) electrons. The fourth-order valence-corrected chi connectivity index (χ4v) is 1.72. The summed E-state index contributed by atoms with van der Waals surface area (Å²) < 4.78 is 28.4. The molecule has 19 heavy (non-hydrogen) atoms. The first-order valence-corrected chi connectivity index (χ1v) is 5.58. The lowest BCUT2D eigenvalue weighted by Crippen LogP contribution is -2.06. The van der Waals surface area contributed by atoms with E-state index in [1.165, 1.54) is 24.4 Å². The van der Waals surface area contributed by atoms with Crippen LogP contribution in [0, 0.1) is 6.92 Å². The number of aryl methyl sites for hydroxylation is 1. The van der Waals surface area contributed by atoms with Gasteiger partial charge in [-0.05, 0) is 42.8 Å². The van der Waals surface area contributed by atoms with Crippen molar-refractivity contribution in [2.24, 2.45) is 0 Å². The minimum atomic E-state index is -2.88. The van der Waals surface area contributed by atoms with Gasteiger partial charge >= 0.3 is 6.61 Å². The number of halogens is 2. The highest BCUT2D eigenvalue weighted by Gasteiger charge is 2.13. The van der Waals surface area contributed by atoms with Crippen molar-refractivity contribution in [2.45, 2.75) is 13.5 Å². The van der Waals surface area contributed by atoms with E-state index >= 15 is 0 Å². The zero-order valence-electron chi connectivity index (χ0n) is 10.1. The van der Waals surface area contributed by atoms with Crippen LogP contribution in [0.2, 0.25) is 0 Å². The van der Waals surface area contributed by atoms with Crippen LogP contribution in [0.1, 0.15) is 21.5 Å². The van der Waals surface area contributed by atoms with Crippen LogP contribution in [0.3, 0.4) is 0 Å². The van der Waals surface area contributed by atoms with Crippen LogP contribution in [0.5, 0.6) is 5.75 Å². The fraction of sp³-hybridized carbons (Fsp3) is 0.143. The molecule has 0 fully saturated rings. The molecule has 0 saturated heterocycles. The van der Waals surface area contributed by atoms with Gasteiger partial charge in [0.05, 0.1) is 0 Å². The van der Waals surface area contributed by atoms with Crippen LogP contribution >= 0.6 is 0 Å². The average molecular weight is 263 g/mol. The van der Waals surface area contributed by atoms with E-state index in [1.807, 2.05) is 0 Å². The summed E-state index contributed by atoms with van der Waals surface area (Å²) in [5.41, 5.74) is 1.47. The monoisotopic (exact) mass is 263 g/mol. The van der Waals surface area contributed by atoms with Gasteiger partial charge in [0.2, 0.25) is 0 Å². The summed E-state index contributed by atoms with van der Waals surface area (Å²) >= 11 is 0. The maximum absolute atomic E-state index is 12.2.